The summed E-state index contributed by atoms with van der Waals surface area (Å²) in [5, 5.41) is 0.910. The third-order valence-corrected chi connectivity index (χ3v) is 5.63. The van der Waals surface area contributed by atoms with Gasteiger partial charge < -0.3 is 9.64 Å². The van der Waals surface area contributed by atoms with Gasteiger partial charge in [0.2, 0.25) is 5.91 Å². The van der Waals surface area contributed by atoms with Crippen LogP contribution in [0.3, 0.4) is 0 Å². The van der Waals surface area contributed by atoms with E-state index in [-0.39, 0.29) is 18.6 Å². The zero-order chi connectivity index (χ0) is 18.0. The van der Waals surface area contributed by atoms with Crippen LogP contribution in [0.5, 0.6) is 0 Å². The highest BCUT2D eigenvalue weighted by Gasteiger charge is 2.29. The number of amides is 1. The van der Waals surface area contributed by atoms with Crippen molar-refractivity contribution in [3.05, 3.63) is 28.2 Å². The fraction of sp³-hybridized carbons (Fsp3) is 0.556. The van der Waals surface area contributed by atoms with Crippen molar-refractivity contribution in [2.24, 2.45) is 0 Å². The van der Waals surface area contributed by atoms with Gasteiger partial charge in [-0.05, 0) is 46.1 Å². The van der Waals surface area contributed by atoms with E-state index in [0.717, 1.165) is 47.9 Å². The van der Waals surface area contributed by atoms with Gasteiger partial charge in [-0.2, -0.15) is 0 Å². The maximum atomic E-state index is 12.4. The van der Waals surface area contributed by atoms with Crippen LogP contribution < -0.4 is 0 Å². The molecule has 1 unspecified atom stereocenters. The lowest BCUT2D eigenvalue weighted by Crippen LogP contribution is -2.40. The molecule has 2 aromatic heterocycles. The molecule has 1 atom stereocenters. The van der Waals surface area contributed by atoms with Gasteiger partial charge in [-0.1, -0.05) is 0 Å². The zero-order valence-corrected chi connectivity index (χ0v) is 16.0. The number of methoxy groups -OCH3 is 1. The highest BCUT2D eigenvalue weighted by atomic mass is 32.1. The molecule has 3 heterocycles. The van der Waals surface area contributed by atoms with Crippen LogP contribution in [0.2, 0.25) is 0 Å². The van der Waals surface area contributed by atoms with E-state index in [1.165, 1.54) is 4.88 Å². The summed E-state index contributed by atoms with van der Waals surface area (Å²) in [5.74, 6) is 0.730. The number of hydrogen-bond acceptors (Lipinski definition) is 6. The number of aryl methyl sites for hydroxylation is 3. The van der Waals surface area contributed by atoms with Crippen molar-refractivity contribution in [1.82, 2.24) is 19.9 Å². The Morgan fingerprint density at radius 1 is 1.28 bits per heavy atom. The summed E-state index contributed by atoms with van der Waals surface area (Å²) in [7, 11) is 1.55. The predicted molar refractivity (Wildman–Crippen MR) is 97.5 cm³/mol. The van der Waals surface area contributed by atoms with Gasteiger partial charge in [0.1, 0.15) is 23.1 Å². The minimum absolute atomic E-state index is 0.0148. The Bertz CT molecular complexity index is 755. The van der Waals surface area contributed by atoms with E-state index in [2.05, 4.69) is 21.9 Å². The first-order valence-corrected chi connectivity index (χ1v) is 9.39. The summed E-state index contributed by atoms with van der Waals surface area (Å²) in [6, 6.07) is 1.98. The minimum Gasteiger partial charge on any atom is -0.375 e. The molecule has 1 aliphatic rings. The Hall–Kier alpha value is -1.86. The van der Waals surface area contributed by atoms with Gasteiger partial charge >= 0.3 is 0 Å². The maximum absolute atomic E-state index is 12.4. The number of ether oxygens (including phenoxy) is 1. The topological polar surface area (TPSA) is 68.2 Å². The molecular weight excluding hydrogens is 336 g/mol. The van der Waals surface area contributed by atoms with Gasteiger partial charge in [0.15, 0.2) is 0 Å². The van der Waals surface area contributed by atoms with Crippen molar-refractivity contribution in [2.75, 3.05) is 20.3 Å². The molecule has 7 heteroatoms. The Kier molecular flexibility index (Phi) is 5.44. The molecule has 0 aromatic carbocycles. The van der Waals surface area contributed by atoms with Crippen molar-refractivity contribution in [3.63, 3.8) is 0 Å². The molecule has 6 nitrogen and oxygen atoms in total. The molecule has 134 valence electrons. The molecular formula is C18H24N4O2S. The van der Waals surface area contributed by atoms with Gasteiger partial charge in [-0.25, -0.2) is 15.0 Å². The second-order valence-electron chi connectivity index (χ2n) is 6.42. The van der Waals surface area contributed by atoms with Crippen LogP contribution in [0.25, 0.3) is 10.7 Å². The smallest absolute Gasteiger partial charge is 0.249 e. The molecule has 0 saturated carbocycles. The Labute approximate surface area is 152 Å². The van der Waals surface area contributed by atoms with E-state index < -0.39 is 0 Å². The quantitative estimate of drug-likeness (QED) is 0.837. The summed E-state index contributed by atoms with van der Waals surface area (Å²) in [6.07, 6.45) is 3.03. The number of rotatable bonds is 4. The second kappa shape index (κ2) is 7.58. The number of hydrogen-bond donors (Lipinski definition) is 0. The van der Waals surface area contributed by atoms with Gasteiger partial charge in [-0.3, -0.25) is 4.79 Å². The minimum atomic E-state index is -0.0148. The zero-order valence-electron chi connectivity index (χ0n) is 15.2. The largest absolute Gasteiger partial charge is 0.375 e. The van der Waals surface area contributed by atoms with Crippen LogP contribution in [0.4, 0.5) is 0 Å². The lowest BCUT2D eigenvalue weighted by atomic mass is 9.98. The van der Waals surface area contributed by atoms with E-state index in [4.69, 9.17) is 4.74 Å². The molecule has 3 rings (SSSR count). The van der Waals surface area contributed by atoms with E-state index >= 15 is 0 Å². The Morgan fingerprint density at radius 2 is 2.08 bits per heavy atom. The number of piperidine rings is 1. The molecule has 0 spiro atoms. The highest BCUT2D eigenvalue weighted by Crippen LogP contribution is 2.33. The average Bonchev–Trinajstić information content (AvgIpc) is 2.94. The molecule has 2 aromatic rings. The lowest BCUT2D eigenvalue weighted by Gasteiger charge is -2.35. The van der Waals surface area contributed by atoms with E-state index in [1.807, 2.05) is 24.8 Å². The standard InChI is InChI=1S/C18H24N4O2S/c1-11-12(2)25-18(19-11)15-9-14(20-13(3)21-15)16-7-5-6-8-22(16)17(23)10-24-4/h9,16H,5-8,10H2,1-4H3. The molecule has 25 heavy (non-hydrogen) atoms. The van der Waals surface area contributed by atoms with Crippen LogP contribution >= 0.6 is 11.3 Å². The molecule has 0 bridgehead atoms. The van der Waals surface area contributed by atoms with Crippen molar-refractivity contribution >= 4 is 17.2 Å². The monoisotopic (exact) mass is 360 g/mol. The maximum Gasteiger partial charge on any atom is 0.249 e. The summed E-state index contributed by atoms with van der Waals surface area (Å²) in [5.41, 5.74) is 2.78. The summed E-state index contributed by atoms with van der Waals surface area (Å²) >= 11 is 1.64. The predicted octanol–water partition coefficient (Wildman–Crippen LogP) is 3.23. The highest BCUT2D eigenvalue weighted by molar-refractivity contribution is 7.15. The normalized spacial score (nSPS) is 17.8. The van der Waals surface area contributed by atoms with Crippen LogP contribution in [-0.4, -0.2) is 46.0 Å². The van der Waals surface area contributed by atoms with E-state index in [0.29, 0.717) is 5.82 Å². The van der Waals surface area contributed by atoms with Gasteiger partial charge in [0.25, 0.3) is 0 Å². The molecule has 1 amide bonds. The van der Waals surface area contributed by atoms with Crippen LogP contribution in [0.15, 0.2) is 6.07 Å². The average molecular weight is 360 g/mol. The van der Waals surface area contributed by atoms with Gasteiger partial charge in [0.05, 0.1) is 17.4 Å². The van der Waals surface area contributed by atoms with Crippen LogP contribution in [0.1, 0.15) is 47.4 Å². The van der Waals surface area contributed by atoms with Crippen LogP contribution in [-0.2, 0) is 9.53 Å². The van der Waals surface area contributed by atoms with Crippen molar-refractivity contribution < 1.29 is 9.53 Å². The van der Waals surface area contributed by atoms with Crippen molar-refractivity contribution in [1.29, 1.82) is 0 Å². The third kappa shape index (κ3) is 3.88. The van der Waals surface area contributed by atoms with Crippen molar-refractivity contribution in [3.8, 4) is 10.7 Å². The fourth-order valence-electron chi connectivity index (χ4n) is 3.20. The molecule has 1 aliphatic heterocycles. The Morgan fingerprint density at radius 3 is 2.76 bits per heavy atom. The third-order valence-electron chi connectivity index (χ3n) is 4.54. The number of thiazole rings is 1. The number of likely N-dealkylation sites (tertiary alicyclic amines) is 1. The van der Waals surface area contributed by atoms with Crippen LogP contribution in [0, 0.1) is 20.8 Å². The molecule has 0 aliphatic carbocycles. The molecule has 0 N–H and O–H groups in total. The number of carbonyl (C=O) groups excluding carboxylic acids is 1. The summed E-state index contributed by atoms with van der Waals surface area (Å²) in [4.78, 5) is 29.3. The first-order valence-electron chi connectivity index (χ1n) is 8.58. The first kappa shape index (κ1) is 17.9. The molecule has 1 saturated heterocycles. The number of carbonyl (C=O) groups is 1. The Balaban J connectivity index is 1.96. The molecule has 0 radical (unpaired) electrons. The summed E-state index contributed by atoms with van der Waals surface area (Å²) < 4.78 is 5.04. The SMILES string of the molecule is COCC(=O)N1CCCCC1c1cc(-c2nc(C)c(C)s2)nc(C)n1. The van der Waals surface area contributed by atoms with E-state index in [1.54, 1.807) is 18.4 Å². The van der Waals surface area contributed by atoms with Gasteiger partial charge in [-0.15, -0.1) is 11.3 Å². The lowest BCUT2D eigenvalue weighted by molar-refractivity contribution is -0.139. The van der Waals surface area contributed by atoms with Gasteiger partial charge in [0, 0.05) is 18.5 Å². The number of aromatic nitrogens is 3. The fourth-order valence-corrected chi connectivity index (χ4v) is 4.07. The summed E-state index contributed by atoms with van der Waals surface area (Å²) in [6.45, 7) is 6.83. The van der Waals surface area contributed by atoms with E-state index in [9.17, 15) is 4.79 Å². The second-order valence-corrected chi connectivity index (χ2v) is 7.62. The number of nitrogens with zero attached hydrogens (tertiary/aromatic N) is 4. The van der Waals surface area contributed by atoms with Crippen molar-refractivity contribution in [2.45, 2.75) is 46.1 Å². The molecule has 1 fully saturated rings. The first-order chi connectivity index (χ1) is 12.0.